The van der Waals surface area contributed by atoms with Crippen LogP contribution in [0.2, 0.25) is 5.02 Å². The maximum absolute atomic E-state index is 13.6. The van der Waals surface area contributed by atoms with Crippen molar-refractivity contribution in [1.29, 1.82) is 0 Å². The number of ether oxygens (including phenoxy) is 1. The number of carbonyl (C=O) groups is 2. The lowest BCUT2D eigenvalue weighted by molar-refractivity contribution is -0.123. The summed E-state index contributed by atoms with van der Waals surface area (Å²) in [6.07, 6.45) is 0. The van der Waals surface area contributed by atoms with E-state index in [2.05, 4.69) is 26.8 Å². The highest BCUT2D eigenvalue weighted by atomic mass is 79.9. The highest BCUT2D eigenvalue weighted by Gasteiger charge is 2.13. The minimum absolute atomic E-state index is 0.194. The molecular weight excluding hydrogens is 391 g/mol. The molecule has 2 aromatic rings. The maximum atomic E-state index is 13.6. The van der Waals surface area contributed by atoms with Crippen LogP contribution in [0.5, 0.6) is 5.75 Å². The topological polar surface area (TPSA) is 67.4 Å². The molecule has 2 N–H and O–H groups in total. The molecule has 8 heteroatoms. The predicted octanol–water partition coefficient (Wildman–Crippen LogP) is 3.08. The van der Waals surface area contributed by atoms with Crippen LogP contribution in [0.1, 0.15) is 10.4 Å². The molecule has 0 unspecified atom stereocenters. The van der Waals surface area contributed by atoms with Gasteiger partial charge in [0.15, 0.2) is 6.61 Å². The number of carbonyl (C=O) groups excluding carboxylic acids is 2. The SMILES string of the molecule is O=C(COc1ccccc1Cl)NNC(=O)c1ccc(Br)cc1F. The summed E-state index contributed by atoms with van der Waals surface area (Å²) in [5.74, 6) is -1.76. The highest BCUT2D eigenvalue weighted by Crippen LogP contribution is 2.22. The minimum atomic E-state index is -0.777. The molecule has 23 heavy (non-hydrogen) atoms. The Morgan fingerprint density at radius 1 is 1.17 bits per heavy atom. The van der Waals surface area contributed by atoms with Gasteiger partial charge in [0.05, 0.1) is 10.6 Å². The number of amides is 2. The van der Waals surface area contributed by atoms with Gasteiger partial charge in [-0.25, -0.2) is 4.39 Å². The lowest BCUT2D eigenvalue weighted by Crippen LogP contribution is -2.44. The van der Waals surface area contributed by atoms with Gasteiger partial charge < -0.3 is 4.74 Å². The van der Waals surface area contributed by atoms with Gasteiger partial charge in [-0.3, -0.25) is 20.4 Å². The standard InChI is InChI=1S/C15H11BrClFN2O3/c16-9-5-6-10(12(18)7-9)15(22)20-19-14(21)8-23-13-4-2-1-3-11(13)17/h1-7H,8H2,(H,19,21)(H,20,22). The van der Waals surface area contributed by atoms with Crippen molar-refractivity contribution in [2.75, 3.05) is 6.61 Å². The number of rotatable bonds is 4. The monoisotopic (exact) mass is 400 g/mol. The van der Waals surface area contributed by atoms with Crippen molar-refractivity contribution >= 4 is 39.3 Å². The van der Waals surface area contributed by atoms with E-state index < -0.39 is 17.6 Å². The first-order chi connectivity index (χ1) is 11.0. The number of para-hydroxylation sites is 1. The Morgan fingerprint density at radius 2 is 1.91 bits per heavy atom. The fraction of sp³-hybridized carbons (Fsp3) is 0.0667. The number of nitrogens with one attached hydrogen (secondary N) is 2. The third kappa shape index (κ3) is 4.94. The summed E-state index contributed by atoms with van der Waals surface area (Å²) >= 11 is 8.96. The van der Waals surface area contributed by atoms with Crippen LogP contribution >= 0.6 is 27.5 Å². The summed E-state index contributed by atoms with van der Waals surface area (Å²) in [4.78, 5) is 23.4. The first kappa shape index (κ1) is 17.2. The molecule has 0 aliphatic carbocycles. The average molecular weight is 402 g/mol. The summed E-state index contributed by atoms with van der Waals surface area (Å²) in [7, 11) is 0. The van der Waals surface area contributed by atoms with Crippen molar-refractivity contribution in [3.05, 3.63) is 63.3 Å². The third-order valence-corrected chi connectivity index (χ3v) is 3.49. The number of hydrogen-bond acceptors (Lipinski definition) is 3. The number of halogens is 3. The summed E-state index contributed by atoms with van der Waals surface area (Å²) in [6.45, 7) is -0.354. The Kier molecular flexibility index (Phi) is 5.95. The van der Waals surface area contributed by atoms with Crippen LogP contribution < -0.4 is 15.6 Å². The largest absolute Gasteiger partial charge is 0.482 e. The van der Waals surface area contributed by atoms with E-state index in [1.165, 1.54) is 12.1 Å². The van der Waals surface area contributed by atoms with Crippen LogP contribution in [0.3, 0.4) is 0 Å². The van der Waals surface area contributed by atoms with Gasteiger partial charge >= 0.3 is 0 Å². The molecule has 0 heterocycles. The van der Waals surface area contributed by atoms with Gasteiger partial charge in [0, 0.05) is 4.47 Å². The first-order valence-electron chi connectivity index (χ1n) is 6.39. The van der Waals surface area contributed by atoms with Crippen molar-refractivity contribution in [3.8, 4) is 5.75 Å². The second kappa shape index (κ2) is 7.94. The number of benzene rings is 2. The van der Waals surface area contributed by atoms with Crippen LogP contribution in [0, 0.1) is 5.82 Å². The van der Waals surface area contributed by atoms with Gasteiger partial charge in [0.1, 0.15) is 11.6 Å². The minimum Gasteiger partial charge on any atom is -0.482 e. The molecule has 0 saturated heterocycles. The van der Waals surface area contributed by atoms with E-state index in [9.17, 15) is 14.0 Å². The van der Waals surface area contributed by atoms with Gasteiger partial charge in [-0.1, -0.05) is 39.7 Å². The summed E-state index contributed by atoms with van der Waals surface area (Å²) in [5.41, 5.74) is 4.04. The second-order valence-electron chi connectivity index (χ2n) is 4.35. The molecule has 0 atom stereocenters. The molecule has 0 aromatic heterocycles. The van der Waals surface area contributed by atoms with Crippen LogP contribution in [0.15, 0.2) is 46.9 Å². The number of hydrazine groups is 1. The fourth-order valence-electron chi connectivity index (χ4n) is 1.61. The third-order valence-electron chi connectivity index (χ3n) is 2.69. The van der Waals surface area contributed by atoms with E-state index in [1.807, 2.05) is 0 Å². The van der Waals surface area contributed by atoms with Crippen molar-refractivity contribution < 1.29 is 18.7 Å². The van der Waals surface area contributed by atoms with E-state index >= 15 is 0 Å². The van der Waals surface area contributed by atoms with E-state index in [-0.39, 0.29) is 12.2 Å². The molecule has 120 valence electrons. The van der Waals surface area contributed by atoms with Crippen LogP contribution in [0.4, 0.5) is 4.39 Å². The fourth-order valence-corrected chi connectivity index (χ4v) is 2.13. The Balaban J connectivity index is 1.84. The van der Waals surface area contributed by atoms with Crippen molar-refractivity contribution in [1.82, 2.24) is 10.9 Å². The Morgan fingerprint density at radius 3 is 2.61 bits per heavy atom. The van der Waals surface area contributed by atoms with Crippen molar-refractivity contribution in [2.45, 2.75) is 0 Å². The molecule has 0 bridgehead atoms. The van der Waals surface area contributed by atoms with E-state index in [4.69, 9.17) is 16.3 Å². The predicted molar refractivity (Wildman–Crippen MR) is 86.7 cm³/mol. The molecule has 0 radical (unpaired) electrons. The molecule has 0 aliphatic rings. The Hall–Kier alpha value is -2.12. The highest BCUT2D eigenvalue weighted by molar-refractivity contribution is 9.10. The lowest BCUT2D eigenvalue weighted by atomic mass is 10.2. The van der Waals surface area contributed by atoms with E-state index in [1.54, 1.807) is 24.3 Å². The van der Waals surface area contributed by atoms with Crippen LogP contribution in [-0.2, 0) is 4.79 Å². The molecule has 0 spiro atoms. The maximum Gasteiger partial charge on any atom is 0.276 e. The van der Waals surface area contributed by atoms with Crippen LogP contribution in [-0.4, -0.2) is 18.4 Å². The van der Waals surface area contributed by atoms with E-state index in [0.29, 0.717) is 15.2 Å². The molecule has 0 fully saturated rings. The summed E-state index contributed by atoms with van der Waals surface area (Å²) in [6, 6.07) is 10.6. The quantitative estimate of drug-likeness (QED) is 0.774. The summed E-state index contributed by atoms with van der Waals surface area (Å²) < 4.78 is 19.3. The second-order valence-corrected chi connectivity index (χ2v) is 5.67. The van der Waals surface area contributed by atoms with Gasteiger partial charge in [0.25, 0.3) is 11.8 Å². The summed E-state index contributed by atoms with van der Waals surface area (Å²) in [5, 5.41) is 0.362. The normalized spacial score (nSPS) is 10.0. The van der Waals surface area contributed by atoms with Crippen LogP contribution in [0.25, 0.3) is 0 Å². The van der Waals surface area contributed by atoms with Gasteiger partial charge in [-0.15, -0.1) is 0 Å². The molecule has 0 aliphatic heterocycles. The Labute approximate surface area is 144 Å². The Bertz CT molecular complexity index is 742. The van der Waals surface area contributed by atoms with E-state index in [0.717, 1.165) is 6.07 Å². The molecule has 5 nitrogen and oxygen atoms in total. The molecule has 2 aromatic carbocycles. The van der Waals surface area contributed by atoms with Gasteiger partial charge in [0.2, 0.25) is 0 Å². The van der Waals surface area contributed by atoms with Crippen molar-refractivity contribution in [2.24, 2.45) is 0 Å². The lowest BCUT2D eigenvalue weighted by Gasteiger charge is -2.10. The molecular formula is C15H11BrClFN2O3. The average Bonchev–Trinajstić information content (AvgIpc) is 2.52. The zero-order chi connectivity index (χ0) is 16.8. The first-order valence-corrected chi connectivity index (χ1v) is 7.56. The number of hydrogen-bond donors (Lipinski definition) is 2. The molecule has 2 rings (SSSR count). The van der Waals surface area contributed by atoms with Gasteiger partial charge in [-0.05, 0) is 30.3 Å². The van der Waals surface area contributed by atoms with Gasteiger partial charge in [-0.2, -0.15) is 0 Å². The smallest absolute Gasteiger partial charge is 0.276 e. The molecule has 0 saturated carbocycles. The molecule has 2 amide bonds. The van der Waals surface area contributed by atoms with Crippen molar-refractivity contribution in [3.63, 3.8) is 0 Å². The zero-order valence-corrected chi connectivity index (χ0v) is 13.9. The zero-order valence-electron chi connectivity index (χ0n) is 11.6.